The van der Waals surface area contributed by atoms with Crippen LogP contribution in [-0.2, 0) is 14.6 Å². The number of fused-ring (bicyclic) bond motifs is 1. The third kappa shape index (κ3) is 2.82. The molecule has 2 saturated heterocycles. The minimum atomic E-state index is -3.29. The van der Waals surface area contributed by atoms with Crippen molar-refractivity contribution >= 4 is 21.7 Å². The summed E-state index contributed by atoms with van der Waals surface area (Å²) < 4.78 is 29.9. The first-order valence-corrected chi connectivity index (χ1v) is 10.8. The van der Waals surface area contributed by atoms with Gasteiger partial charge in [0.2, 0.25) is 5.91 Å². The van der Waals surface area contributed by atoms with Crippen LogP contribution in [0.3, 0.4) is 0 Å². The number of rotatable bonds is 2. The number of carbonyl (C=O) groups excluding carboxylic acids is 2. The number of amides is 2. The van der Waals surface area contributed by atoms with Gasteiger partial charge in [-0.1, -0.05) is 6.42 Å². The molecule has 9 heteroatoms. The standard InChI is InChI=1S/C17H23N3O5S/c1-10-15(18-11(2)25-10)17(22)20-7-6-19(16(21)12-4-3-5-12)13-8-26(23,24)9-14(13)20/h12-14H,3-9H2,1-2H3/t13-,14+/m1/s1. The molecule has 3 heterocycles. The number of hydrogen-bond donors (Lipinski definition) is 0. The number of oxazole rings is 1. The maximum absolute atomic E-state index is 13.0. The first kappa shape index (κ1) is 17.5. The lowest BCUT2D eigenvalue weighted by atomic mass is 9.83. The maximum Gasteiger partial charge on any atom is 0.276 e. The monoisotopic (exact) mass is 381 g/mol. The Bertz CT molecular complexity index is 858. The van der Waals surface area contributed by atoms with Crippen LogP contribution >= 0.6 is 0 Å². The number of hydrogen-bond acceptors (Lipinski definition) is 6. The Hall–Kier alpha value is -1.90. The van der Waals surface area contributed by atoms with Crippen LogP contribution in [0, 0.1) is 19.8 Å². The van der Waals surface area contributed by atoms with E-state index in [9.17, 15) is 18.0 Å². The highest BCUT2D eigenvalue weighted by atomic mass is 32.2. The molecule has 1 aromatic rings. The molecule has 0 unspecified atom stereocenters. The molecule has 3 aliphatic rings. The van der Waals surface area contributed by atoms with E-state index >= 15 is 0 Å². The highest BCUT2D eigenvalue weighted by Gasteiger charge is 2.51. The van der Waals surface area contributed by atoms with E-state index in [1.165, 1.54) is 0 Å². The maximum atomic E-state index is 13.0. The summed E-state index contributed by atoms with van der Waals surface area (Å²) in [5, 5.41) is 0. The quantitative estimate of drug-likeness (QED) is 0.741. The highest BCUT2D eigenvalue weighted by molar-refractivity contribution is 7.91. The predicted molar refractivity (Wildman–Crippen MR) is 92.3 cm³/mol. The molecule has 26 heavy (non-hydrogen) atoms. The van der Waals surface area contributed by atoms with Crippen molar-refractivity contribution in [3.05, 3.63) is 17.3 Å². The van der Waals surface area contributed by atoms with Gasteiger partial charge in [0.05, 0.1) is 23.6 Å². The average Bonchev–Trinajstić information content (AvgIpc) is 3.00. The Labute approximate surface area is 152 Å². The predicted octanol–water partition coefficient (Wildman–Crippen LogP) is 0.542. The molecular weight excluding hydrogens is 358 g/mol. The zero-order valence-corrected chi connectivity index (χ0v) is 15.8. The first-order chi connectivity index (χ1) is 12.3. The fourth-order valence-corrected chi connectivity index (χ4v) is 6.21. The van der Waals surface area contributed by atoms with Gasteiger partial charge in [-0.25, -0.2) is 13.4 Å². The lowest BCUT2D eigenvalue weighted by Gasteiger charge is -2.45. The fourth-order valence-electron chi connectivity index (χ4n) is 4.23. The summed E-state index contributed by atoms with van der Waals surface area (Å²) in [7, 11) is -3.29. The molecular formula is C17H23N3O5S. The van der Waals surface area contributed by atoms with Crippen molar-refractivity contribution in [1.29, 1.82) is 0 Å². The number of aryl methyl sites for hydroxylation is 2. The summed E-state index contributed by atoms with van der Waals surface area (Å²) in [6.07, 6.45) is 2.80. The van der Waals surface area contributed by atoms with E-state index in [4.69, 9.17) is 4.42 Å². The topological polar surface area (TPSA) is 101 Å². The summed E-state index contributed by atoms with van der Waals surface area (Å²) in [4.78, 5) is 33.1. The van der Waals surface area contributed by atoms with E-state index in [-0.39, 0.29) is 34.9 Å². The highest BCUT2D eigenvalue weighted by Crippen LogP contribution is 2.34. The van der Waals surface area contributed by atoms with Crippen LogP contribution in [-0.4, -0.2) is 71.7 Å². The number of nitrogens with zero attached hydrogens (tertiary/aromatic N) is 3. The van der Waals surface area contributed by atoms with Crippen molar-refractivity contribution in [3.8, 4) is 0 Å². The smallest absolute Gasteiger partial charge is 0.276 e. The Kier molecular flexibility index (Phi) is 4.09. The zero-order chi connectivity index (χ0) is 18.6. The third-order valence-electron chi connectivity index (χ3n) is 5.78. The van der Waals surface area contributed by atoms with E-state index in [1.54, 1.807) is 23.6 Å². The van der Waals surface area contributed by atoms with E-state index in [1.807, 2.05) is 0 Å². The molecule has 0 spiro atoms. The second kappa shape index (κ2) is 6.07. The lowest BCUT2D eigenvalue weighted by molar-refractivity contribution is -0.143. The molecule has 4 rings (SSSR count). The van der Waals surface area contributed by atoms with E-state index in [0.717, 1.165) is 19.3 Å². The number of aromatic nitrogens is 1. The van der Waals surface area contributed by atoms with Crippen molar-refractivity contribution in [2.75, 3.05) is 24.6 Å². The van der Waals surface area contributed by atoms with Gasteiger partial charge in [-0.3, -0.25) is 9.59 Å². The van der Waals surface area contributed by atoms with Gasteiger partial charge < -0.3 is 14.2 Å². The normalized spacial score (nSPS) is 27.9. The third-order valence-corrected chi connectivity index (χ3v) is 7.48. The van der Waals surface area contributed by atoms with Gasteiger partial charge in [-0.15, -0.1) is 0 Å². The molecule has 0 aromatic carbocycles. The molecule has 2 atom stereocenters. The molecule has 0 bridgehead atoms. The summed E-state index contributed by atoms with van der Waals surface area (Å²) in [5.74, 6) is 0.399. The molecule has 1 aliphatic carbocycles. The second-order valence-corrected chi connectivity index (χ2v) is 9.66. The molecule has 2 aliphatic heterocycles. The fraction of sp³-hybridized carbons (Fsp3) is 0.706. The van der Waals surface area contributed by atoms with Gasteiger partial charge in [0.1, 0.15) is 5.76 Å². The molecule has 1 saturated carbocycles. The van der Waals surface area contributed by atoms with Gasteiger partial charge in [0, 0.05) is 25.9 Å². The summed E-state index contributed by atoms with van der Waals surface area (Å²) >= 11 is 0. The Morgan fingerprint density at radius 3 is 2.23 bits per heavy atom. The minimum Gasteiger partial charge on any atom is -0.445 e. The van der Waals surface area contributed by atoms with E-state index in [2.05, 4.69) is 4.98 Å². The van der Waals surface area contributed by atoms with Gasteiger partial charge in [0.25, 0.3) is 5.91 Å². The van der Waals surface area contributed by atoms with Crippen molar-refractivity contribution in [2.45, 2.75) is 45.2 Å². The SMILES string of the molecule is Cc1nc(C(=O)N2CCN(C(=O)C3CCC3)[C@@H]3CS(=O)(=O)C[C@@H]32)c(C)o1. The molecule has 142 valence electrons. The van der Waals surface area contributed by atoms with Crippen molar-refractivity contribution in [3.63, 3.8) is 0 Å². The Balaban J connectivity index is 1.62. The van der Waals surface area contributed by atoms with Crippen LogP contribution in [0.15, 0.2) is 4.42 Å². The van der Waals surface area contributed by atoms with Gasteiger partial charge in [-0.05, 0) is 19.8 Å². The van der Waals surface area contributed by atoms with Crippen LogP contribution in [0.5, 0.6) is 0 Å². The van der Waals surface area contributed by atoms with Gasteiger partial charge in [0.15, 0.2) is 21.4 Å². The summed E-state index contributed by atoms with van der Waals surface area (Å²) in [5.41, 5.74) is 0.226. The van der Waals surface area contributed by atoms with Crippen LogP contribution in [0.4, 0.5) is 0 Å². The van der Waals surface area contributed by atoms with Crippen molar-refractivity contribution in [1.82, 2.24) is 14.8 Å². The summed E-state index contributed by atoms with van der Waals surface area (Å²) in [6.45, 7) is 4.03. The van der Waals surface area contributed by atoms with Gasteiger partial charge in [-0.2, -0.15) is 0 Å². The van der Waals surface area contributed by atoms with Crippen molar-refractivity contribution in [2.24, 2.45) is 5.92 Å². The number of sulfone groups is 1. The zero-order valence-electron chi connectivity index (χ0n) is 15.0. The largest absolute Gasteiger partial charge is 0.445 e. The average molecular weight is 381 g/mol. The Morgan fingerprint density at radius 1 is 1.08 bits per heavy atom. The van der Waals surface area contributed by atoms with Crippen LogP contribution in [0.1, 0.15) is 41.4 Å². The summed E-state index contributed by atoms with van der Waals surface area (Å²) in [6, 6.07) is -0.971. The molecule has 1 aromatic heterocycles. The van der Waals surface area contributed by atoms with Gasteiger partial charge >= 0.3 is 0 Å². The molecule has 3 fully saturated rings. The number of piperazine rings is 1. The Morgan fingerprint density at radius 2 is 1.69 bits per heavy atom. The minimum absolute atomic E-state index is 0.0154. The van der Waals surface area contributed by atoms with Crippen LogP contribution < -0.4 is 0 Å². The lowest BCUT2D eigenvalue weighted by Crippen LogP contribution is -2.63. The van der Waals surface area contributed by atoms with Crippen LogP contribution in [0.25, 0.3) is 0 Å². The molecule has 2 amide bonds. The van der Waals surface area contributed by atoms with Crippen molar-refractivity contribution < 1.29 is 22.4 Å². The molecule has 0 N–H and O–H groups in total. The second-order valence-electron chi connectivity index (χ2n) is 7.51. The first-order valence-electron chi connectivity index (χ1n) is 9.03. The van der Waals surface area contributed by atoms with Crippen LogP contribution in [0.2, 0.25) is 0 Å². The van der Waals surface area contributed by atoms with E-state index < -0.39 is 21.9 Å². The molecule has 8 nitrogen and oxygen atoms in total. The number of carbonyl (C=O) groups is 2. The molecule has 0 radical (unpaired) electrons. The van der Waals surface area contributed by atoms with E-state index in [0.29, 0.717) is 24.7 Å².